The molecule has 8 rings (SSSR count). The third-order valence-electron chi connectivity index (χ3n) is 15.0. The molecule has 0 spiro atoms. The Morgan fingerprint density at radius 1 is 0.821 bits per heavy atom. The number of fused-ring (bicyclic) bond motifs is 2. The molecular formula is C62H80N10O12. The van der Waals surface area contributed by atoms with Gasteiger partial charge < -0.3 is 59.9 Å². The van der Waals surface area contributed by atoms with E-state index in [-0.39, 0.29) is 60.7 Å². The number of piperidine rings is 2. The molecule has 0 aliphatic carbocycles. The Kier molecular flexibility index (Phi) is 22.2. The molecule has 0 saturated carbocycles. The van der Waals surface area contributed by atoms with Crippen LogP contribution in [0.4, 0.5) is 16.2 Å². The highest BCUT2D eigenvalue weighted by molar-refractivity contribution is 6.08. The summed E-state index contributed by atoms with van der Waals surface area (Å²) in [6.45, 7) is 10.5. The molecule has 1 unspecified atom stereocenters. The Morgan fingerprint density at radius 2 is 1.51 bits per heavy atom. The highest BCUT2D eigenvalue weighted by atomic mass is 16.6. The maximum atomic E-state index is 14.0. The molecule has 6 amide bonds. The van der Waals surface area contributed by atoms with Crippen molar-refractivity contribution in [3.63, 3.8) is 0 Å². The van der Waals surface area contributed by atoms with Crippen LogP contribution in [0.1, 0.15) is 148 Å². The minimum Gasteiger partial charge on any atom is -0.494 e. The van der Waals surface area contributed by atoms with Gasteiger partial charge in [-0.3, -0.25) is 39.7 Å². The molecule has 7 N–H and O–H groups in total. The van der Waals surface area contributed by atoms with Gasteiger partial charge in [0.15, 0.2) is 5.84 Å². The second kappa shape index (κ2) is 30.0. The van der Waals surface area contributed by atoms with Crippen LogP contribution in [-0.2, 0) is 39.9 Å². The second-order valence-electron chi connectivity index (χ2n) is 22.4. The van der Waals surface area contributed by atoms with E-state index in [9.17, 15) is 28.8 Å². The number of benzene rings is 3. The van der Waals surface area contributed by atoms with Crippen LogP contribution in [0.25, 0.3) is 0 Å². The number of amides is 6. The predicted molar refractivity (Wildman–Crippen MR) is 315 cm³/mol. The number of unbranched alkanes of at least 4 members (excludes halogenated alkanes) is 5. The Bertz CT molecular complexity index is 2980. The van der Waals surface area contributed by atoms with Crippen LogP contribution in [0.15, 0.2) is 90.2 Å². The molecule has 0 bridgehead atoms. The summed E-state index contributed by atoms with van der Waals surface area (Å²) in [5.74, 6) is 0.0715. The van der Waals surface area contributed by atoms with Crippen molar-refractivity contribution < 1.29 is 57.2 Å². The van der Waals surface area contributed by atoms with Gasteiger partial charge >= 0.3 is 6.09 Å². The lowest BCUT2D eigenvalue weighted by atomic mass is 9.85. The van der Waals surface area contributed by atoms with Crippen molar-refractivity contribution in [1.82, 2.24) is 25.4 Å². The van der Waals surface area contributed by atoms with Crippen LogP contribution in [0.2, 0.25) is 0 Å². The lowest BCUT2D eigenvalue weighted by Gasteiger charge is -2.42. The summed E-state index contributed by atoms with van der Waals surface area (Å²) in [4.78, 5) is 88.6. The van der Waals surface area contributed by atoms with E-state index >= 15 is 0 Å². The van der Waals surface area contributed by atoms with Gasteiger partial charge in [-0.25, -0.2) is 9.79 Å². The third kappa shape index (κ3) is 17.6. The van der Waals surface area contributed by atoms with E-state index in [0.717, 1.165) is 44.1 Å². The maximum Gasteiger partial charge on any atom is 0.410 e. The van der Waals surface area contributed by atoms with E-state index in [1.54, 1.807) is 65.8 Å². The second-order valence-corrected chi connectivity index (χ2v) is 22.4. The molecule has 2 atom stereocenters. The number of nitrogens with two attached hydrogens (primary N) is 1. The quantitative estimate of drug-likeness (QED) is 0.0137. The fourth-order valence-electron chi connectivity index (χ4n) is 10.5. The van der Waals surface area contributed by atoms with Crippen LogP contribution >= 0.6 is 0 Å². The molecule has 5 heterocycles. The van der Waals surface area contributed by atoms with Crippen LogP contribution < -0.4 is 36.5 Å². The van der Waals surface area contributed by atoms with Crippen molar-refractivity contribution in [2.45, 2.75) is 134 Å². The van der Waals surface area contributed by atoms with E-state index in [1.807, 2.05) is 45.0 Å². The molecular weight excluding hydrogens is 1080 g/mol. The minimum atomic E-state index is -0.944. The van der Waals surface area contributed by atoms with Gasteiger partial charge in [0.05, 0.1) is 51.2 Å². The Morgan fingerprint density at radius 3 is 2.23 bits per heavy atom. The van der Waals surface area contributed by atoms with Crippen molar-refractivity contribution in [2.24, 2.45) is 10.7 Å². The summed E-state index contributed by atoms with van der Waals surface area (Å²) in [5, 5.41) is 20.7. The van der Waals surface area contributed by atoms with Gasteiger partial charge in [0.1, 0.15) is 29.0 Å². The van der Waals surface area contributed by atoms with Crippen LogP contribution in [0, 0.1) is 5.41 Å². The molecule has 4 aliphatic rings. The van der Waals surface area contributed by atoms with E-state index < -0.39 is 29.2 Å². The van der Waals surface area contributed by atoms with Gasteiger partial charge in [-0.15, -0.1) is 0 Å². The molecule has 4 aliphatic heterocycles. The smallest absolute Gasteiger partial charge is 0.410 e. The molecule has 22 heteroatoms. The number of hydrogen-bond acceptors (Lipinski definition) is 15. The number of carbonyl (C=O) groups excluding carboxylic acids is 6. The summed E-state index contributed by atoms with van der Waals surface area (Å²) >= 11 is 0. The van der Waals surface area contributed by atoms with Crippen molar-refractivity contribution in [3.8, 4) is 11.5 Å². The lowest BCUT2D eigenvalue weighted by molar-refractivity contribution is -0.137. The van der Waals surface area contributed by atoms with Crippen LogP contribution in [0.5, 0.6) is 11.5 Å². The molecule has 22 nitrogen and oxygen atoms in total. The molecule has 3 aromatic carbocycles. The highest BCUT2D eigenvalue weighted by Gasteiger charge is 2.42. The number of amidine groups is 2. The standard InChI is InChI=1S/C62H80N10O12/c1-61(2,3)84-60(78)71-29-25-62(26-30-71,59(64)69-55(63)42-22-27-65-28-23-42)70-44-14-11-13-43(39-44)56(75)67-50-24-34-83-52-20-18-45(40-47(50)52)82-33-10-5-4-8-31-79-35-37-81-38-36-80-32-9-6-7-17-53(73)66-49-16-12-15-46-48(49)41-72(58(46)77)51-19-21-54(74)68-57(51)76/h11-16,18,20,22-23,27-28,39-40,50-51,70H,4-10,17,19,21,24-26,29-38,41H2,1-3H3,(H,66,73)(H,67,75)(H3,63,64,69)(H,68,74,76)/t50-,51?/m0/s1. The Labute approximate surface area is 490 Å². The Balaban J connectivity index is 0.669. The number of pyridine rings is 1. The highest BCUT2D eigenvalue weighted by Crippen LogP contribution is 2.37. The molecule has 2 saturated heterocycles. The number of aromatic nitrogens is 1. The first-order valence-electron chi connectivity index (χ1n) is 29.3. The summed E-state index contributed by atoms with van der Waals surface area (Å²) in [6, 6.07) is 20.4. The zero-order chi connectivity index (χ0) is 59.5. The first kappa shape index (κ1) is 62.1. The molecule has 84 heavy (non-hydrogen) atoms. The van der Waals surface area contributed by atoms with E-state index in [4.69, 9.17) is 39.6 Å². The Hall–Kier alpha value is -7.95. The van der Waals surface area contributed by atoms with Gasteiger partial charge in [0.2, 0.25) is 17.7 Å². The first-order valence-corrected chi connectivity index (χ1v) is 29.3. The lowest BCUT2D eigenvalue weighted by Crippen LogP contribution is -2.58. The number of ether oxygens (including phenoxy) is 6. The monoisotopic (exact) mass is 1160 g/mol. The summed E-state index contributed by atoms with van der Waals surface area (Å²) in [5.41, 5.74) is 9.34. The van der Waals surface area contributed by atoms with Crippen molar-refractivity contribution in [2.75, 3.05) is 76.6 Å². The van der Waals surface area contributed by atoms with Crippen molar-refractivity contribution in [3.05, 3.63) is 113 Å². The van der Waals surface area contributed by atoms with Crippen LogP contribution in [0.3, 0.4) is 0 Å². The summed E-state index contributed by atoms with van der Waals surface area (Å²) in [7, 11) is 0. The van der Waals surface area contributed by atoms with Crippen LogP contribution in [-0.4, -0.2) is 145 Å². The van der Waals surface area contributed by atoms with Gasteiger partial charge in [-0.1, -0.05) is 25.0 Å². The largest absolute Gasteiger partial charge is 0.494 e. The molecule has 0 radical (unpaired) electrons. The number of rotatable bonds is 28. The van der Waals surface area contributed by atoms with Crippen molar-refractivity contribution in [1.29, 1.82) is 5.41 Å². The summed E-state index contributed by atoms with van der Waals surface area (Å²) in [6.07, 6.45) is 11.0. The molecule has 450 valence electrons. The fourth-order valence-corrected chi connectivity index (χ4v) is 10.5. The van der Waals surface area contributed by atoms with E-state index in [2.05, 4.69) is 31.2 Å². The zero-order valence-corrected chi connectivity index (χ0v) is 48.5. The summed E-state index contributed by atoms with van der Waals surface area (Å²) < 4.78 is 34.9. The number of hydrogen-bond donors (Lipinski definition) is 6. The van der Waals surface area contributed by atoms with E-state index in [1.165, 1.54) is 4.90 Å². The topological polar surface area (TPSA) is 288 Å². The van der Waals surface area contributed by atoms with Gasteiger partial charge in [-0.05, 0) is 133 Å². The number of carbonyl (C=O) groups is 6. The number of aliphatic imine (C=N–C) groups is 1. The number of nitrogens with one attached hydrogen (secondary N) is 5. The average molecular weight is 1160 g/mol. The normalized spacial score (nSPS) is 17.6. The first-order chi connectivity index (χ1) is 40.6. The molecule has 2 fully saturated rings. The number of imide groups is 1. The zero-order valence-electron chi connectivity index (χ0n) is 48.5. The SMILES string of the molecule is CC(C)(C)OC(=O)N1CCC(Nc2cccc(C(=O)N[C@H]3CCOc4ccc(OCCCCCCOCCOCCOCCCCCC(=O)Nc5cccc6c5CN(C5CCC(=O)NC5=O)C6=O)cc43)c2)(C(N)=NC(=N)c2ccncc2)CC1. The van der Waals surface area contributed by atoms with Gasteiger partial charge in [0.25, 0.3) is 11.8 Å². The van der Waals surface area contributed by atoms with Crippen molar-refractivity contribution >= 4 is 58.7 Å². The van der Waals surface area contributed by atoms with Gasteiger partial charge in [0, 0.05) is 104 Å². The van der Waals surface area contributed by atoms with E-state index in [0.29, 0.717) is 143 Å². The number of likely N-dealkylation sites (tertiary alicyclic amines) is 1. The molecule has 4 aromatic rings. The predicted octanol–water partition coefficient (Wildman–Crippen LogP) is 7.85. The van der Waals surface area contributed by atoms with Gasteiger partial charge in [-0.2, -0.15) is 0 Å². The number of anilines is 2. The average Bonchev–Trinajstić information content (AvgIpc) is 2.20. The maximum absolute atomic E-state index is 14.0. The third-order valence-corrected chi connectivity index (χ3v) is 15.0. The fraction of sp³-hybridized carbons (Fsp3) is 0.500. The molecule has 1 aromatic heterocycles. The number of nitrogens with zero attached hydrogens (tertiary/aromatic N) is 4. The minimum absolute atomic E-state index is 0.0205.